The van der Waals surface area contributed by atoms with Crippen LogP contribution in [-0.2, 0) is 21.7 Å². The van der Waals surface area contributed by atoms with E-state index in [1.165, 1.54) is 95.0 Å². The maximum absolute atomic E-state index is 6.46. The molecule has 0 amide bonds. The van der Waals surface area contributed by atoms with Crippen LogP contribution in [0.2, 0.25) is 0 Å². The highest BCUT2D eigenvalue weighted by molar-refractivity contribution is 7.00. The first-order chi connectivity index (χ1) is 35.2. The van der Waals surface area contributed by atoms with Gasteiger partial charge in [-0.15, -0.1) is 0 Å². The van der Waals surface area contributed by atoms with Crippen LogP contribution < -0.4 is 26.2 Å². The number of benzene rings is 9. The molecule has 3 nitrogen and oxygen atoms in total. The van der Waals surface area contributed by atoms with Gasteiger partial charge in [0.1, 0.15) is 11.2 Å². The minimum Gasteiger partial charge on any atom is -0.456 e. The average Bonchev–Trinajstić information content (AvgIpc) is 3.82. The molecular weight excluding hydrogens is 896 g/mol. The molecule has 74 heavy (non-hydrogen) atoms. The van der Waals surface area contributed by atoms with E-state index in [1.807, 2.05) is 0 Å². The van der Waals surface area contributed by atoms with Crippen LogP contribution in [-0.4, -0.2) is 6.71 Å². The zero-order valence-corrected chi connectivity index (χ0v) is 45.3. The van der Waals surface area contributed by atoms with Crippen LogP contribution in [0.5, 0.6) is 0 Å². The smallest absolute Gasteiger partial charge is 0.252 e. The van der Waals surface area contributed by atoms with Crippen molar-refractivity contribution >= 4 is 79.2 Å². The number of fused-ring (bicyclic) bond motifs is 7. The van der Waals surface area contributed by atoms with Crippen molar-refractivity contribution in [2.24, 2.45) is 0 Å². The van der Waals surface area contributed by atoms with E-state index in [2.05, 4.69) is 281 Å². The zero-order chi connectivity index (χ0) is 51.6. The van der Waals surface area contributed by atoms with Gasteiger partial charge >= 0.3 is 0 Å². The van der Waals surface area contributed by atoms with Gasteiger partial charge in [-0.2, -0.15) is 0 Å². The van der Waals surface area contributed by atoms with Crippen LogP contribution in [0.1, 0.15) is 105 Å². The van der Waals surface area contributed by atoms with Crippen molar-refractivity contribution in [2.75, 3.05) is 9.80 Å². The third kappa shape index (κ3) is 8.15. The summed E-state index contributed by atoms with van der Waals surface area (Å²) in [6, 6.07) is 71.3. The van der Waals surface area contributed by atoms with Gasteiger partial charge in [0.2, 0.25) is 0 Å². The van der Waals surface area contributed by atoms with E-state index in [-0.39, 0.29) is 28.4 Å². The number of nitrogens with zero attached hydrogens (tertiary/aromatic N) is 2. The minimum atomic E-state index is -0.0951. The maximum Gasteiger partial charge on any atom is 0.252 e. The van der Waals surface area contributed by atoms with Crippen molar-refractivity contribution in [3.63, 3.8) is 0 Å². The second-order valence-electron chi connectivity index (χ2n) is 25.2. The molecule has 0 bridgehead atoms. The molecule has 0 fully saturated rings. The molecule has 0 unspecified atom stereocenters. The molecule has 2 aliphatic rings. The first-order valence-corrected chi connectivity index (χ1v) is 26.6. The molecule has 1 aromatic heterocycles. The summed E-state index contributed by atoms with van der Waals surface area (Å²) in [5.41, 5.74) is 24.8. The number of hydrogen-bond donors (Lipinski definition) is 0. The fourth-order valence-electron chi connectivity index (χ4n) is 11.5. The normalized spacial score (nSPS) is 13.6. The predicted octanol–water partition coefficient (Wildman–Crippen LogP) is 17.9. The summed E-state index contributed by atoms with van der Waals surface area (Å²) in [5.74, 6) is 0. The van der Waals surface area contributed by atoms with Crippen molar-refractivity contribution in [1.82, 2.24) is 0 Å². The third-order valence-corrected chi connectivity index (χ3v) is 15.8. The number of anilines is 6. The first kappa shape index (κ1) is 47.4. The SMILES string of the molecule is CC(C)(C)c1cc(N2c3cc(-c4ccccc4)ccc3B3c4ccc(-c5ccccc5)cc4N(c4cc(C(C)(C)C)cc(C(C)(C)C)c4)c4cc(-c5ccc6oc7ccccc7c6c5)cc2c43)cc(C(C)(C)C)c1. The van der Waals surface area contributed by atoms with Crippen molar-refractivity contribution < 1.29 is 4.42 Å². The largest absolute Gasteiger partial charge is 0.456 e. The number of para-hydroxylation sites is 1. The van der Waals surface area contributed by atoms with Crippen molar-refractivity contribution in [2.45, 2.75) is 105 Å². The Morgan fingerprint density at radius 1 is 0.311 bits per heavy atom. The molecule has 0 radical (unpaired) electrons. The summed E-state index contributed by atoms with van der Waals surface area (Å²) in [7, 11) is 0. The molecular formula is C70H67BN2O. The topological polar surface area (TPSA) is 19.6 Å². The number of rotatable bonds is 5. The van der Waals surface area contributed by atoms with Gasteiger partial charge in [0.25, 0.3) is 6.71 Å². The van der Waals surface area contributed by atoms with Crippen LogP contribution in [0, 0.1) is 0 Å². The van der Waals surface area contributed by atoms with E-state index < -0.39 is 0 Å². The lowest BCUT2D eigenvalue weighted by Crippen LogP contribution is -2.61. The molecule has 0 saturated heterocycles. The molecule has 12 rings (SSSR count). The van der Waals surface area contributed by atoms with Crippen LogP contribution in [0.3, 0.4) is 0 Å². The Balaban J connectivity index is 1.24. The van der Waals surface area contributed by atoms with Gasteiger partial charge in [-0.3, -0.25) is 0 Å². The molecule has 4 heteroatoms. The fraction of sp³-hybridized carbons (Fsp3) is 0.229. The van der Waals surface area contributed by atoms with E-state index in [0.29, 0.717) is 0 Å². The Kier molecular flexibility index (Phi) is 10.9. The van der Waals surface area contributed by atoms with E-state index in [9.17, 15) is 0 Å². The molecule has 10 aromatic rings. The zero-order valence-electron chi connectivity index (χ0n) is 45.3. The Morgan fingerprint density at radius 2 is 0.689 bits per heavy atom. The summed E-state index contributed by atoms with van der Waals surface area (Å²) in [6.45, 7) is 28.1. The third-order valence-electron chi connectivity index (χ3n) is 15.8. The average molecular weight is 963 g/mol. The van der Waals surface area contributed by atoms with Crippen LogP contribution in [0.15, 0.2) is 192 Å². The molecule has 0 saturated carbocycles. The summed E-state index contributed by atoms with van der Waals surface area (Å²) in [6.07, 6.45) is 0. The highest BCUT2D eigenvalue weighted by Crippen LogP contribution is 2.50. The summed E-state index contributed by atoms with van der Waals surface area (Å²) in [4.78, 5) is 5.26. The van der Waals surface area contributed by atoms with Crippen LogP contribution in [0.25, 0.3) is 55.3 Å². The lowest BCUT2D eigenvalue weighted by atomic mass is 9.33. The molecule has 0 atom stereocenters. The van der Waals surface area contributed by atoms with Gasteiger partial charge in [0, 0.05) is 44.9 Å². The van der Waals surface area contributed by atoms with E-state index in [0.717, 1.165) is 33.1 Å². The van der Waals surface area contributed by atoms with Crippen molar-refractivity contribution in [3.05, 3.63) is 210 Å². The maximum atomic E-state index is 6.46. The molecule has 0 spiro atoms. The summed E-state index contributed by atoms with van der Waals surface area (Å²) < 4.78 is 6.46. The van der Waals surface area contributed by atoms with Crippen LogP contribution in [0.4, 0.5) is 34.1 Å². The molecule has 0 aliphatic carbocycles. The predicted molar refractivity (Wildman–Crippen MR) is 319 cm³/mol. The quantitative estimate of drug-likeness (QED) is 0.160. The summed E-state index contributed by atoms with van der Waals surface area (Å²) in [5, 5.41) is 2.24. The molecule has 366 valence electrons. The van der Waals surface area contributed by atoms with Crippen LogP contribution >= 0.6 is 0 Å². The van der Waals surface area contributed by atoms with Crippen molar-refractivity contribution in [3.8, 4) is 33.4 Å². The Bertz CT molecular complexity index is 3580. The monoisotopic (exact) mass is 963 g/mol. The van der Waals surface area contributed by atoms with E-state index >= 15 is 0 Å². The van der Waals surface area contributed by atoms with Gasteiger partial charge in [-0.25, -0.2) is 0 Å². The Labute approximate surface area is 439 Å². The highest BCUT2D eigenvalue weighted by Gasteiger charge is 2.44. The minimum absolute atomic E-state index is 0.0673. The Hall–Kier alpha value is -7.56. The van der Waals surface area contributed by atoms with Gasteiger partial charge in [0.15, 0.2) is 0 Å². The van der Waals surface area contributed by atoms with Gasteiger partial charge in [0.05, 0.1) is 0 Å². The van der Waals surface area contributed by atoms with Gasteiger partial charge in [-0.1, -0.05) is 204 Å². The first-order valence-electron chi connectivity index (χ1n) is 26.6. The molecule has 3 heterocycles. The van der Waals surface area contributed by atoms with E-state index in [4.69, 9.17) is 4.42 Å². The van der Waals surface area contributed by atoms with Gasteiger partial charge in [-0.05, 0) is 160 Å². The van der Waals surface area contributed by atoms with Gasteiger partial charge < -0.3 is 14.2 Å². The molecule has 0 N–H and O–H groups in total. The summed E-state index contributed by atoms with van der Waals surface area (Å²) >= 11 is 0. The second-order valence-corrected chi connectivity index (χ2v) is 25.2. The highest BCUT2D eigenvalue weighted by atomic mass is 16.3. The van der Waals surface area contributed by atoms with Crippen molar-refractivity contribution in [1.29, 1.82) is 0 Å². The Morgan fingerprint density at radius 3 is 1.14 bits per heavy atom. The fourth-order valence-corrected chi connectivity index (χ4v) is 11.5. The standard InChI is InChI=1S/C70H67BN2O/c1-67(2,3)50-38-51(68(4,5)6)41-54(40-50)72-60-34-47(44-21-15-13-16-22-44)27-30-58(60)71-59-31-28-48(45-23-17-14-18-24-45)35-61(59)73(55-42-52(69(7,8)9)39-53(43-55)70(10,11)12)63-37-49(36-62(72)66(63)71)46-29-32-65-57(33-46)56-25-19-20-26-64(56)74-65/h13-43H,1-12H3. The lowest BCUT2D eigenvalue weighted by molar-refractivity contribution is 0.568. The number of furan rings is 1. The molecule has 2 aliphatic heterocycles. The number of hydrogen-bond acceptors (Lipinski definition) is 3. The lowest BCUT2D eigenvalue weighted by Gasteiger charge is -2.45. The molecule has 9 aromatic carbocycles. The second kappa shape index (κ2) is 17.0. The van der Waals surface area contributed by atoms with E-state index in [1.54, 1.807) is 0 Å².